The minimum atomic E-state index is -0.245. The maximum absolute atomic E-state index is 12.9. The van der Waals surface area contributed by atoms with Gasteiger partial charge in [-0.3, -0.25) is 0 Å². The molecule has 0 saturated carbocycles. The summed E-state index contributed by atoms with van der Waals surface area (Å²) in [7, 11) is 0. The lowest BCUT2D eigenvalue weighted by Crippen LogP contribution is -2.31. The van der Waals surface area contributed by atoms with E-state index in [0.29, 0.717) is 10.9 Å². The molecule has 104 valence electrons. The second kappa shape index (κ2) is 6.43. The van der Waals surface area contributed by atoms with Crippen LogP contribution >= 0.6 is 12.2 Å². The number of aryl methyl sites for hydroxylation is 1. The van der Waals surface area contributed by atoms with Crippen molar-refractivity contribution in [1.82, 2.24) is 10.3 Å². The van der Waals surface area contributed by atoms with Gasteiger partial charge >= 0.3 is 0 Å². The molecule has 20 heavy (non-hydrogen) atoms. The smallest absolute Gasteiger partial charge is 0.172 e. The van der Waals surface area contributed by atoms with Crippen molar-refractivity contribution in [1.29, 1.82) is 0 Å². The molecule has 1 aromatic heterocycles. The van der Waals surface area contributed by atoms with E-state index in [2.05, 4.69) is 15.6 Å². The van der Waals surface area contributed by atoms with Gasteiger partial charge in [-0.1, -0.05) is 18.2 Å². The fourth-order valence-corrected chi connectivity index (χ4v) is 2.08. The van der Waals surface area contributed by atoms with E-state index in [4.69, 9.17) is 12.2 Å². The van der Waals surface area contributed by atoms with E-state index in [1.165, 1.54) is 12.1 Å². The lowest BCUT2D eigenvalue weighted by molar-refractivity contribution is 0.624. The third-order valence-electron chi connectivity index (χ3n) is 2.85. The molecular weight excluding hydrogens is 273 g/mol. The van der Waals surface area contributed by atoms with Gasteiger partial charge in [-0.2, -0.15) is 0 Å². The Morgan fingerprint density at radius 2 is 1.90 bits per heavy atom. The van der Waals surface area contributed by atoms with Crippen molar-refractivity contribution in [3.8, 4) is 0 Å². The summed E-state index contributed by atoms with van der Waals surface area (Å²) in [5, 5.41) is 6.66. The fraction of sp³-hybridized carbons (Fsp3) is 0.200. The number of benzene rings is 1. The quantitative estimate of drug-likeness (QED) is 0.847. The Hall–Kier alpha value is -2.01. The third kappa shape index (κ3) is 3.99. The minimum Gasteiger partial charge on any atom is -0.356 e. The maximum Gasteiger partial charge on any atom is 0.172 e. The average Bonchev–Trinajstić information content (AvgIpc) is 2.39. The molecule has 0 saturated heterocycles. The molecule has 1 atom stereocenters. The van der Waals surface area contributed by atoms with E-state index in [0.717, 1.165) is 11.3 Å². The second-order valence-electron chi connectivity index (χ2n) is 4.54. The summed E-state index contributed by atoms with van der Waals surface area (Å²) in [4.78, 5) is 4.32. The van der Waals surface area contributed by atoms with Gasteiger partial charge in [0.2, 0.25) is 0 Å². The molecule has 0 aliphatic heterocycles. The van der Waals surface area contributed by atoms with Gasteiger partial charge in [0.1, 0.15) is 11.6 Å². The Kier molecular flexibility index (Phi) is 4.63. The number of hydrogen-bond donors (Lipinski definition) is 2. The van der Waals surface area contributed by atoms with Crippen molar-refractivity contribution in [3.05, 3.63) is 59.5 Å². The Balaban J connectivity index is 1.95. The molecule has 0 bridgehead atoms. The average molecular weight is 289 g/mol. The zero-order valence-electron chi connectivity index (χ0n) is 11.4. The number of hydrogen-bond acceptors (Lipinski definition) is 2. The molecule has 3 nitrogen and oxygen atoms in total. The van der Waals surface area contributed by atoms with Crippen molar-refractivity contribution in [3.63, 3.8) is 0 Å². The van der Waals surface area contributed by atoms with Gasteiger partial charge in [0.25, 0.3) is 0 Å². The number of halogens is 1. The molecule has 5 heteroatoms. The number of anilines is 1. The van der Waals surface area contributed by atoms with Crippen LogP contribution in [0.1, 0.15) is 24.2 Å². The largest absolute Gasteiger partial charge is 0.356 e. The summed E-state index contributed by atoms with van der Waals surface area (Å²) in [6.07, 6.45) is 0. The van der Waals surface area contributed by atoms with Crippen molar-refractivity contribution in [2.45, 2.75) is 19.9 Å². The summed E-state index contributed by atoms with van der Waals surface area (Å²) in [6, 6.07) is 12.0. The van der Waals surface area contributed by atoms with Crippen molar-refractivity contribution in [2.24, 2.45) is 0 Å². The summed E-state index contributed by atoms with van der Waals surface area (Å²) in [5.74, 6) is 0.458. The van der Waals surface area contributed by atoms with E-state index in [9.17, 15) is 4.39 Å². The standard InChI is InChI=1S/C15H16FN3S/c1-10-4-3-5-14(17-10)19-15(20)18-11(2)12-6-8-13(16)9-7-12/h3-9,11H,1-2H3,(H2,17,18,19,20). The highest BCUT2D eigenvalue weighted by molar-refractivity contribution is 7.80. The van der Waals surface area contributed by atoms with Crippen LogP contribution in [0.15, 0.2) is 42.5 Å². The summed E-state index contributed by atoms with van der Waals surface area (Å²) in [6.45, 7) is 3.88. The normalized spacial score (nSPS) is 11.8. The van der Waals surface area contributed by atoms with Crippen LogP contribution in [-0.2, 0) is 0 Å². The molecule has 0 fully saturated rings. The van der Waals surface area contributed by atoms with Crippen LogP contribution in [0.4, 0.5) is 10.2 Å². The summed E-state index contributed by atoms with van der Waals surface area (Å²) >= 11 is 5.25. The Morgan fingerprint density at radius 3 is 2.55 bits per heavy atom. The molecule has 0 aliphatic rings. The fourth-order valence-electron chi connectivity index (χ4n) is 1.80. The monoisotopic (exact) mass is 289 g/mol. The van der Waals surface area contributed by atoms with Gasteiger partial charge in [-0.05, 0) is 55.9 Å². The van der Waals surface area contributed by atoms with Crippen LogP contribution in [0.5, 0.6) is 0 Å². The number of nitrogens with zero attached hydrogens (tertiary/aromatic N) is 1. The summed E-state index contributed by atoms with van der Waals surface area (Å²) < 4.78 is 12.9. The number of nitrogens with one attached hydrogen (secondary N) is 2. The van der Waals surface area contributed by atoms with Crippen LogP contribution in [0.2, 0.25) is 0 Å². The maximum atomic E-state index is 12.9. The molecule has 2 rings (SSSR count). The van der Waals surface area contributed by atoms with Gasteiger partial charge in [0, 0.05) is 5.69 Å². The predicted molar refractivity (Wildman–Crippen MR) is 83.1 cm³/mol. The molecule has 1 unspecified atom stereocenters. The molecule has 0 amide bonds. The van der Waals surface area contributed by atoms with Crippen LogP contribution in [0.25, 0.3) is 0 Å². The zero-order chi connectivity index (χ0) is 14.5. The van der Waals surface area contributed by atoms with Crippen molar-refractivity contribution in [2.75, 3.05) is 5.32 Å². The first-order valence-corrected chi connectivity index (χ1v) is 6.72. The van der Waals surface area contributed by atoms with Gasteiger partial charge in [0.05, 0.1) is 6.04 Å². The van der Waals surface area contributed by atoms with Crippen LogP contribution in [0.3, 0.4) is 0 Å². The zero-order valence-corrected chi connectivity index (χ0v) is 12.2. The van der Waals surface area contributed by atoms with E-state index in [-0.39, 0.29) is 11.9 Å². The van der Waals surface area contributed by atoms with E-state index >= 15 is 0 Å². The number of pyridine rings is 1. The van der Waals surface area contributed by atoms with E-state index in [1.54, 1.807) is 12.1 Å². The summed E-state index contributed by atoms with van der Waals surface area (Å²) in [5.41, 5.74) is 1.89. The highest BCUT2D eigenvalue weighted by Gasteiger charge is 2.07. The molecule has 1 heterocycles. The van der Waals surface area contributed by atoms with Gasteiger partial charge in [-0.25, -0.2) is 9.37 Å². The first kappa shape index (κ1) is 14.4. The van der Waals surface area contributed by atoms with Crippen LogP contribution in [0, 0.1) is 12.7 Å². The van der Waals surface area contributed by atoms with Crippen LogP contribution in [-0.4, -0.2) is 10.1 Å². The van der Waals surface area contributed by atoms with E-state index < -0.39 is 0 Å². The molecule has 0 radical (unpaired) electrons. The molecule has 0 spiro atoms. The van der Waals surface area contributed by atoms with Crippen molar-refractivity contribution < 1.29 is 4.39 Å². The molecule has 0 aliphatic carbocycles. The first-order chi connectivity index (χ1) is 9.54. The Morgan fingerprint density at radius 1 is 1.20 bits per heavy atom. The highest BCUT2D eigenvalue weighted by atomic mass is 32.1. The Labute approximate surface area is 123 Å². The Bertz CT molecular complexity index is 598. The number of thiocarbonyl (C=S) groups is 1. The lowest BCUT2D eigenvalue weighted by atomic mass is 10.1. The lowest BCUT2D eigenvalue weighted by Gasteiger charge is -2.17. The van der Waals surface area contributed by atoms with E-state index in [1.807, 2.05) is 32.0 Å². The molecule has 1 aromatic carbocycles. The SMILES string of the molecule is Cc1cccc(NC(=S)NC(C)c2ccc(F)cc2)n1. The van der Waals surface area contributed by atoms with Crippen LogP contribution < -0.4 is 10.6 Å². The minimum absolute atomic E-state index is 0.0135. The van der Waals surface area contributed by atoms with Gasteiger partial charge in [0.15, 0.2) is 5.11 Å². The van der Waals surface area contributed by atoms with Gasteiger partial charge < -0.3 is 10.6 Å². The second-order valence-corrected chi connectivity index (χ2v) is 4.94. The number of aromatic nitrogens is 1. The molecular formula is C15H16FN3S. The van der Waals surface area contributed by atoms with Gasteiger partial charge in [-0.15, -0.1) is 0 Å². The van der Waals surface area contributed by atoms with Crippen molar-refractivity contribution >= 4 is 23.1 Å². The number of rotatable bonds is 3. The predicted octanol–water partition coefficient (Wildman–Crippen LogP) is 3.58. The third-order valence-corrected chi connectivity index (χ3v) is 3.07. The first-order valence-electron chi connectivity index (χ1n) is 6.31. The topological polar surface area (TPSA) is 37.0 Å². The molecule has 2 aromatic rings. The highest BCUT2D eigenvalue weighted by Crippen LogP contribution is 2.13. The molecule has 2 N–H and O–H groups in total.